The number of nitrogens with one attached hydrogen (secondary N) is 2. The number of anilines is 2. The molecule has 0 saturated carbocycles. The zero-order chi connectivity index (χ0) is 21.5. The van der Waals surface area contributed by atoms with Gasteiger partial charge >= 0.3 is 6.18 Å². The van der Waals surface area contributed by atoms with Crippen LogP contribution in [0, 0.1) is 0 Å². The van der Waals surface area contributed by atoms with Gasteiger partial charge in [0, 0.05) is 18.1 Å². The summed E-state index contributed by atoms with van der Waals surface area (Å²) >= 11 is 7.28. The highest BCUT2D eigenvalue weighted by molar-refractivity contribution is 7.13. The van der Waals surface area contributed by atoms with Crippen molar-refractivity contribution in [2.75, 3.05) is 11.9 Å². The molecule has 1 amide bonds. The van der Waals surface area contributed by atoms with Gasteiger partial charge in [-0.1, -0.05) is 11.6 Å². The fourth-order valence-electron chi connectivity index (χ4n) is 3.15. The van der Waals surface area contributed by atoms with Gasteiger partial charge < -0.3 is 16.4 Å². The minimum absolute atomic E-state index is 0.0391. The van der Waals surface area contributed by atoms with Crippen LogP contribution in [0.5, 0.6) is 0 Å². The molecule has 0 unspecified atom stereocenters. The first-order valence-electron chi connectivity index (χ1n) is 8.84. The number of halogens is 4. The maximum absolute atomic E-state index is 13.5. The number of thiophene rings is 1. The lowest BCUT2D eigenvalue weighted by Gasteiger charge is -2.19. The molecule has 0 spiro atoms. The number of nitrogens with zero attached hydrogens (tertiary/aromatic N) is 2. The van der Waals surface area contributed by atoms with Gasteiger partial charge in [-0.05, 0) is 42.3 Å². The number of hydrogen-bond acceptors (Lipinski definition) is 6. The Bertz CT molecular complexity index is 1130. The van der Waals surface area contributed by atoms with E-state index in [-0.39, 0.29) is 22.1 Å². The molecule has 1 aromatic carbocycles. The lowest BCUT2D eigenvalue weighted by molar-refractivity contribution is -0.137. The van der Waals surface area contributed by atoms with Crippen molar-refractivity contribution in [3.05, 3.63) is 57.1 Å². The molecule has 0 saturated heterocycles. The number of hydrogen-bond donors (Lipinski definition) is 3. The number of primary amides is 1. The van der Waals surface area contributed by atoms with Crippen molar-refractivity contribution in [1.82, 2.24) is 15.3 Å². The van der Waals surface area contributed by atoms with E-state index in [0.717, 1.165) is 35.4 Å². The number of benzene rings is 1. The molecule has 2 aromatic heterocycles. The van der Waals surface area contributed by atoms with Gasteiger partial charge in [0.2, 0.25) is 11.9 Å². The zero-order valence-corrected chi connectivity index (χ0v) is 16.9. The fraction of sp³-hybridized carbons (Fsp3) is 0.211. The van der Waals surface area contributed by atoms with Gasteiger partial charge in [0.05, 0.1) is 26.8 Å². The van der Waals surface area contributed by atoms with Crippen LogP contribution in [0.15, 0.2) is 29.8 Å². The zero-order valence-electron chi connectivity index (χ0n) is 15.3. The molecule has 11 heteroatoms. The van der Waals surface area contributed by atoms with Gasteiger partial charge in [0.1, 0.15) is 5.56 Å². The van der Waals surface area contributed by atoms with Gasteiger partial charge in [-0.3, -0.25) is 4.79 Å². The summed E-state index contributed by atoms with van der Waals surface area (Å²) in [4.78, 5) is 19.4. The average Bonchev–Trinajstić information content (AvgIpc) is 3.18. The highest BCUT2D eigenvalue weighted by atomic mass is 35.5. The van der Waals surface area contributed by atoms with Gasteiger partial charge in [0.15, 0.2) is 0 Å². The lowest BCUT2D eigenvalue weighted by Crippen LogP contribution is -2.23. The third-order valence-electron chi connectivity index (χ3n) is 4.63. The van der Waals surface area contributed by atoms with E-state index in [1.54, 1.807) is 0 Å². The standard InChI is InChI=1S/C19H15ClF3N5OS/c20-13-3-10-6-25-2-1-9(10)4-14(13)27-18-26-7-12(19(21,22)23)16(28-18)15-5-11(8-30-15)17(24)29/h3-5,7-8,25H,1-2,6H2,(H2,24,29)(H,26,27,28). The number of rotatable bonds is 4. The summed E-state index contributed by atoms with van der Waals surface area (Å²) in [5.74, 6) is -0.767. The van der Waals surface area contributed by atoms with Gasteiger partial charge in [-0.25, -0.2) is 9.97 Å². The number of fused-ring (bicyclic) bond motifs is 1. The molecule has 4 N–H and O–H groups in total. The van der Waals surface area contributed by atoms with Crippen molar-refractivity contribution < 1.29 is 18.0 Å². The molecule has 0 aliphatic carbocycles. The van der Waals surface area contributed by atoms with Crippen LogP contribution >= 0.6 is 22.9 Å². The SMILES string of the molecule is NC(=O)c1csc(-c2nc(Nc3cc4c(cc3Cl)CNCC4)ncc2C(F)(F)F)c1. The molecule has 6 nitrogen and oxygen atoms in total. The summed E-state index contributed by atoms with van der Waals surface area (Å²) < 4.78 is 40.5. The Morgan fingerprint density at radius 3 is 2.77 bits per heavy atom. The Kier molecular flexibility index (Phi) is 5.39. The Labute approximate surface area is 178 Å². The maximum Gasteiger partial charge on any atom is 0.420 e. The monoisotopic (exact) mass is 453 g/mol. The summed E-state index contributed by atoms with van der Waals surface area (Å²) in [6.07, 6.45) is -3.14. The van der Waals surface area contributed by atoms with E-state index >= 15 is 0 Å². The van der Waals surface area contributed by atoms with Crippen molar-refractivity contribution in [2.45, 2.75) is 19.1 Å². The van der Waals surface area contributed by atoms with Crippen LogP contribution in [0.2, 0.25) is 5.02 Å². The molecule has 1 aliphatic rings. The van der Waals surface area contributed by atoms with Crippen LogP contribution in [0.1, 0.15) is 27.0 Å². The topological polar surface area (TPSA) is 92.9 Å². The van der Waals surface area contributed by atoms with Crippen molar-refractivity contribution >= 4 is 40.5 Å². The highest BCUT2D eigenvalue weighted by Crippen LogP contribution is 2.39. The molecule has 0 atom stereocenters. The number of carbonyl (C=O) groups is 1. The van der Waals surface area contributed by atoms with E-state index in [4.69, 9.17) is 17.3 Å². The summed E-state index contributed by atoms with van der Waals surface area (Å²) in [5, 5.41) is 7.96. The fourth-order valence-corrected chi connectivity index (χ4v) is 4.28. The molecule has 3 heterocycles. The van der Waals surface area contributed by atoms with E-state index in [0.29, 0.717) is 23.5 Å². The summed E-state index contributed by atoms with van der Waals surface area (Å²) in [7, 11) is 0. The smallest absolute Gasteiger partial charge is 0.366 e. The largest absolute Gasteiger partial charge is 0.420 e. The van der Waals surface area contributed by atoms with E-state index in [1.807, 2.05) is 12.1 Å². The number of alkyl halides is 3. The minimum atomic E-state index is -4.67. The number of carbonyl (C=O) groups excluding carboxylic acids is 1. The summed E-state index contributed by atoms with van der Waals surface area (Å²) in [6.45, 7) is 1.53. The number of amides is 1. The summed E-state index contributed by atoms with van der Waals surface area (Å²) in [6, 6.07) is 4.96. The van der Waals surface area contributed by atoms with Crippen molar-refractivity contribution in [1.29, 1.82) is 0 Å². The second-order valence-electron chi connectivity index (χ2n) is 6.67. The third kappa shape index (κ3) is 4.11. The molecule has 1 aliphatic heterocycles. The quantitative estimate of drug-likeness (QED) is 0.545. The minimum Gasteiger partial charge on any atom is -0.366 e. The Morgan fingerprint density at radius 1 is 1.27 bits per heavy atom. The van der Waals surface area contributed by atoms with E-state index in [1.165, 1.54) is 11.4 Å². The molecule has 3 aromatic rings. The molecule has 0 fully saturated rings. The highest BCUT2D eigenvalue weighted by Gasteiger charge is 2.36. The molecule has 0 radical (unpaired) electrons. The molecule has 30 heavy (non-hydrogen) atoms. The number of aromatic nitrogens is 2. The van der Waals surface area contributed by atoms with Crippen molar-refractivity contribution in [2.24, 2.45) is 5.73 Å². The third-order valence-corrected chi connectivity index (χ3v) is 5.88. The molecule has 156 valence electrons. The maximum atomic E-state index is 13.5. The van der Waals surface area contributed by atoms with Crippen LogP contribution in [0.4, 0.5) is 24.8 Å². The predicted octanol–water partition coefficient (Wildman–Crippen LogP) is 4.37. The molecule has 0 bridgehead atoms. The Morgan fingerprint density at radius 2 is 2.07 bits per heavy atom. The van der Waals surface area contributed by atoms with Crippen molar-refractivity contribution in [3.63, 3.8) is 0 Å². The van der Waals surface area contributed by atoms with Crippen LogP contribution in [0.3, 0.4) is 0 Å². The second kappa shape index (κ2) is 7.86. The van der Waals surface area contributed by atoms with E-state index < -0.39 is 17.6 Å². The van der Waals surface area contributed by atoms with Crippen LogP contribution < -0.4 is 16.4 Å². The Balaban J connectivity index is 1.74. The van der Waals surface area contributed by atoms with E-state index in [9.17, 15) is 18.0 Å². The molecular formula is C19H15ClF3N5OS. The second-order valence-corrected chi connectivity index (χ2v) is 7.99. The average molecular weight is 454 g/mol. The van der Waals surface area contributed by atoms with Crippen molar-refractivity contribution in [3.8, 4) is 10.6 Å². The lowest BCUT2D eigenvalue weighted by atomic mass is 10.0. The Hall–Kier alpha value is -2.69. The first-order chi connectivity index (χ1) is 14.2. The predicted molar refractivity (Wildman–Crippen MR) is 109 cm³/mol. The van der Waals surface area contributed by atoms with E-state index in [2.05, 4.69) is 20.6 Å². The van der Waals surface area contributed by atoms with Crippen LogP contribution in [-0.2, 0) is 19.1 Å². The summed E-state index contributed by atoms with van der Waals surface area (Å²) in [5.41, 5.74) is 6.66. The molecular weight excluding hydrogens is 439 g/mol. The first-order valence-corrected chi connectivity index (χ1v) is 10.1. The number of nitrogens with two attached hydrogens (primary N) is 1. The van der Waals surface area contributed by atoms with Gasteiger partial charge in [-0.2, -0.15) is 13.2 Å². The first kappa shape index (κ1) is 20.6. The van der Waals surface area contributed by atoms with Crippen LogP contribution in [-0.4, -0.2) is 22.4 Å². The van der Waals surface area contributed by atoms with Gasteiger partial charge in [-0.15, -0.1) is 11.3 Å². The van der Waals surface area contributed by atoms with Crippen LogP contribution in [0.25, 0.3) is 10.6 Å². The van der Waals surface area contributed by atoms with Gasteiger partial charge in [0.25, 0.3) is 0 Å². The molecule has 4 rings (SSSR count). The normalized spacial score (nSPS) is 13.7.